The minimum atomic E-state index is -0.531. The molecule has 2 amide bonds. The van der Waals surface area contributed by atoms with Gasteiger partial charge in [-0.15, -0.1) is 0 Å². The van der Waals surface area contributed by atoms with Crippen molar-refractivity contribution in [2.45, 2.75) is 6.92 Å². The number of carbonyl (C=O) groups is 2. The van der Waals surface area contributed by atoms with Crippen molar-refractivity contribution in [1.82, 2.24) is 5.43 Å². The Morgan fingerprint density at radius 3 is 2.59 bits per heavy atom. The van der Waals surface area contributed by atoms with Crippen molar-refractivity contribution in [3.8, 4) is 11.5 Å². The third-order valence-corrected chi connectivity index (χ3v) is 4.61. The number of para-hydroxylation sites is 1. The standard InChI is InChI=1S/C19H16Cl2N2O4/c1-3-27-17-11(5-4-6-16(17)26-2)9-13-18(24)22-23(19(13)25)12-7-8-14(20)15(21)10-12/h4-10H,3H2,1-2H3,(H,22,24)/b13-9-. The molecule has 0 aromatic heterocycles. The lowest BCUT2D eigenvalue weighted by Crippen LogP contribution is -2.35. The Hall–Kier alpha value is -2.70. The zero-order valence-electron chi connectivity index (χ0n) is 14.6. The van der Waals surface area contributed by atoms with Gasteiger partial charge in [0, 0.05) is 5.56 Å². The van der Waals surface area contributed by atoms with Gasteiger partial charge in [-0.2, -0.15) is 0 Å². The van der Waals surface area contributed by atoms with E-state index in [1.807, 2.05) is 6.92 Å². The number of hydrogen-bond donors (Lipinski definition) is 1. The van der Waals surface area contributed by atoms with E-state index in [4.69, 9.17) is 32.7 Å². The van der Waals surface area contributed by atoms with Crippen molar-refractivity contribution in [1.29, 1.82) is 0 Å². The molecule has 3 rings (SSSR count). The zero-order chi connectivity index (χ0) is 19.6. The molecule has 27 heavy (non-hydrogen) atoms. The molecule has 0 aliphatic carbocycles. The van der Waals surface area contributed by atoms with Crippen molar-refractivity contribution in [2.75, 3.05) is 18.7 Å². The van der Waals surface area contributed by atoms with Crippen LogP contribution >= 0.6 is 23.2 Å². The van der Waals surface area contributed by atoms with E-state index in [-0.39, 0.29) is 10.6 Å². The van der Waals surface area contributed by atoms with Crippen LogP contribution in [0.15, 0.2) is 42.0 Å². The van der Waals surface area contributed by atoms with Gasteiger partial charge in [-0.05, 0) is 37.3 Å². The normalized spacial score (nSPS) is 15.3. The second-order valence-electron chi connectivity index (χ2n) is 5.55. The molecule has 0 radical (unpaired) electrons. The van der Waals surface area contributed by atoms with E-state index in [1.165, 1.54) is 19.3 Å². The quantitative estimate of drug-likeness (QED) is 0.604. The van der Waals surface area contributed by atoms with Gasteiger partial charge in [-0.25, -0.2) is 5.01 Å². The minimum Gasteiger partial charge on any atom is -0.493 e. The molecule has 2 aromatic rings. The van der Waals surface area contributed by atoms with Crippen LogP contribution in [0.2, 0.25) is 10.0 Å². The number of amides is 2. The largest absolute Gasteiger partial charge is 0.493 e. The Bertz CT molecular complexity index is 943. The van der Waals surface area contributed by atoms with Crippen molar-refractivity contribution >= 4 is 46.8 Å². The van der Waals surface area contributed by atoms with Crippen LogP contribution in [0, 0.1) is 0 Å². The fourth-order valence-electron chi connectivity index (χ4n) is 2.62. The fourth-order valence-corrected chi connectivity index (χ4v) is 2.92. The number of rotatable bonds is 5. The summed E-state index contributed by atoms with van der Waals surface area (Å²) in [4.78, 5) is 25.1. The van der Waals surface area contributed by atoms with Gasteiger partial charge in [0.15, 0.2) is 11.5 Å². The van der Waals surface area contributed by atoms with Gasteiger partial charge in [-0.1, -0.05) is 35.3 Å². The maximum atomic E-state index is 12.8. The van der Waals surface area contributed by atoms with Gasteiger partial charge < -0.3 is 9.47 Å². The van der Waals surface area contributed by atoms with E-state index < -0.39 is 11.8 Å². The van der Waals surface area contributed by atoms with Crippen LogP contribution in [-0.4, -0.2) is 25.5 Å². The summed E-state index contributed by atoms with van der Waals surface area (Å²) in [5.74, 6) is -0.0676. The van der Waals surface area contributed by atoms with E-state index in [9.17, 15) is 9.59 Å². The Morgan fingerprint density at radius 1 is 1.15 bits per heavy atom. The summed E-state index contributed by atoms with van der Waals surface area (Å²) in [6.07, 6.45) is 1.47. The van der Waals surface area contributed by atoms with Crippen molar-refractivity contribution < 1.29 is 19.1 Å². The first-order chi connectivity index (χ1) is 13.0. The third-order valence-electron chi connectivity index (χ3n) is 3.87. The summed E-state index contributed by atoms with van der Waals surface area (Å²) in [5, 5.41) is 1.75. The predicted molar refractivity (Wildman–Crippen MR) is 104 cm³/mol. The molecule has 1 aliphatic heterocycles. The number of hydrazine groups is 1. The average molecular weight is 407 g/mol. The van der Waals surface area contributed by atoms with E-state index in [0.29, 0.717) is 34.4 Å². The summed E-state index contributed by atoms with van der Waals surface area (Å²) >= 11 is 11.9. The molecule has 1 aliphatic rings. The van der Waals surface area contributed by atoms with Crippen LogP contribution in [0.3, 0.4) is 0 Å². The molecule has 0 unspecified atom stereocenters. The first-order valence-corrected chi connectivity index (χ1v) is 8.83. The van der Waals surface area contributed by atoms with Crippen molar-refractivity contribution in [3.05, 3.63) is 57.6 Å². The van der Waals surface area contributed by atoms with Crippen molar-refractivity contribution in [3.63, 3.8) is 0 Å². The molecule has 0 bridgehead atoms. The molecule has 2 aromatic carbocycles. The van der Waals surface area contributed by atoms with Crippen LogP contribution in [0.1, 0.15) is 12.5 Å². The molecule has 6 nitrogen and oxygen atoms in total. The van der Waals surface area contributed by atoms with E-state index in [2.05, 4.69) is 5.43 Å². The van der Waals surface area contributed by atoms with Crippen LogP contribution in [0.4, 0.5) is 5.69 Å². The number of methoxy groups -OCH3 is 1. The van der Waals surface area contributed by atoms with Gasteiger partial charge >= 0.3 is 0 Å². The molecular weight excluding hydrogens is 391 g/mol. The Kier molecular flexibility index (Phi) is 5.58. The Morgan fingerprint density at radius 2 is 1.93 bits per heavy atom. The zero-order valence-corrected chi connectivity index (χ0v) is 16.1. The molecule has 1 N–H and O–H groups in total. The second-order valence-corrected chi connectivity index (χ2v) is 6.36. The maximum absolute atomic E-state index is 12.8. The smallest absolute Gasteiger partial charge is 0.282 e. The Balaban J connectivity index is 1.99. The molecule has 0 saturated carbocycles. The number of anilines is 1. The molecular formula is C19H16Cl2N2O4. The molecule has 1 saturated heterocycles. The lowest BCUT2D eigenvalue weighted by atomic mass is 10.1. The topological polar surface area (TPSA) is 67.9 Å². The van der Waals surface area contributed by atoms with E-state index >= 15 is 0 Å². The predicted octanol–water partition coefficient (Wildman–Crippen LogP) is 3.86. The lowest BCUT2D eigenvalue weighted by Gasteiger charge is -2.15. The van der Waals surface area contributed by atoms with Gasteiger partial charge in [-0.3, -0.25) is 15.0 Å². The number of nitrogens with one attached hydrogen (secondary N) is 1. The van der Waals surface area contributed by atoms with Gasteiger partial charge in [0.25, 0.3) is 11.8 Å². The number of ether oxygens (including phenoxy) is 2. The highest BCUT2D eigenvalue weighted by molar-refractivity contribution is 6.42. The third kappa shape index (κ3) is 3.72. The maximum Gasteiger partial charge on any atom is 0.282 e. The SMILES string of the molecule is CCOc1c(/C=C2/C(=O)NN(c3ccc(Cl)c(Cl)c3)C2=O)cccc1OC. The molecule has 140 valence electrons. The highest BCUT2D eigenvalue weighted by atomic mass is 35.5. The minimum absolute atomic E-state index is 0.0321. The fraction of sp³-hybridized carbons (Fsp3) is 0.158. The number of nitrogens with zero attached hydrogens (tertiary/aromatic N) is 1. The monoisotopic (exact) mass is 406 g/mol. The highest BCUT2D eigenvalue weighted by Crippen LogP contribution is 2.34. The number of benzene rings is 2. The second kappa shape index (κ2) is 7.90. The number of halogens is 2. The summed E-state index contributed by atoms with van der Waals surface area (Å²) in [7, 11) is 1.52. The van der Waals surface area contributed by atoms with E-state index in [0.717, 1.165) is 5.01 Å². The van der Waals surface area contributed by atoms with Crippen molar-refractivity contribution in [2.24, 2.45) is 0 Å². The molecule has 1 heterocycles. The first-order valence-electron chi connectivity index (χ1n) is 8.08. The number of carbonyl (C=O) groups excluding carboxylic acids is 2. The molecule has 0 spiro atoms. The Labute approximate surface area is 166 Å². The molecule has 8 heteroatoms. The van der Waals surface area contributed by atoms with Gasteiger partial charge in [0.05, 0.1) is 29.4 Å². The van der Waals surface area contributed by atoms with Crippen LogP contribution in [0.25, 0.3) is 6.08 Å². The average Bonchev–Trinajstić information content (AvgIpc) is 2.93. The first kappa shape index (κ1) is 19.1. The molecule has 1 fully saturated rings. The number of hydrogen-bond acceptors (Lipinski definition) is 4. The lowest BCUT2D eigenvalue weighted by molar-refractivity contribution is -0.117. The summed E-state index contributed by atoms with van der Waals surface area (Å²) in [6.45, 7) is 2.24. The van der Waals surface area contributed by atoms with Crippen LogP contribution < -0.4 is 19.9 Å². The highest BCUT2D eigenvalue weighted by Gasteiger charge is 2.35. The summed E-state index contributed by atoms with van der Waals surface area (Å²) in [6, 6.07) is 9.88. The van der Waals surface area contributed by atoms with Crippen LogP contribution in [-0.2, 0) is 9.59 Å². The van der Waals surface area contributed by atoms with E-state index in [1.54, 1.807) is 30.3 Å². The van der Waals surface area contributed by atoms with Gasteiger partial charge in [0.2, 0.25) is 0 Å². The summed E-state index contributed by atoms with van der Waals surface area (Å²) in [5.41, 5.74) is 3.45. The molecule has 0 atom stereocenters. The van der Waals surface area contributed by atoms with Crippen LogP contribution in [0.5, 0.6) is 11.5 Å². The summed E-state index contributed by atoms with van der Waals surface area (Å²) < 4.78 is 10.9. The van der Waals surface area contributed by atoms with Gasteiger partial charge in [0.1, 0.15) is 5.57 Å².